The highest BCUT2D eigenvalue weighted by Gasteiger charge is 2.45. The molecule has 4 nitrogen and oxygen atoms in total. The van der Waals surface area contributed by atoms with Gasteiger partial charge in [0.25, 0.3) is 0 Å². The summed E-state index contributed by atoms with van der Waals surface area (Å²) in [6.45, 7) is 3.52. The van der Waals surface area contributed by atoms with E-state index in [1.165, 1.54) is 11.1 Å². The Bertz CT molecular complexity index is 1020. The highest BCUT2D eigenvalue weighted by molar-refractivity contribution is 5.17. The lowest BCUT2D eigenvalue weighted by molar-refractivity contribution is -0.197. The molecule has 0 bridgehead atoms. The molecule has 5 rings (SSSR count). The third-order valence-corrected chi connectivity index (χ3v) is 6.66. The molecular formula is C30H33NO3. The number of nitrogens with zero attached hydrogens (tertiary/aromatic N) is 1. The minimum absolute atomic E-state index is 0.0764. The summed E-state index contributed by atoms with van der Waals surface area (Å²) in [5, 5.41) is 0. The second-order valence-electron chi connectivity index (χ2n) is 9.06. The topological polar surface area (TPSA) is 30.9 Å². The van der Waals surface area contributed by atoms with E-state index in [1.54, 1.807) is 0 Å². The number of hydrogen-bond acceptors (Lipinski definition) is 4. The first-order valence-corrected chi connectivity index (χ1v) is 12.2. The summed E-state index contributed by atoms with van der Waals surface area (Å²) in [6.07, 6.45) is 5.27. The van der Waals surface area contributed by atoms with Crippen LogP contribution in [0.15, 0.2) is 103 Å². The summed E-state index contributed by atoms with van der Waals surface area (Å²) in [6, 6.07) is 31.3. The van der Waals surface area contributed by atoms with Gasteiger partial charge in [-0.1, -0.05) is 103 Å². The monoisotopic (exact) mass is 455 g/mol. The number of hydrogen-bond donors (Lipinski definition) is 0. The van der Waals surface area contributed by atoms with Crippen LogP contribution in [0.3, 0.4) is 0 Å². The third-order valence-electron chi connectivity index (χ3n) is 6.66. The van der Waals surface area contributed by atoms with Crippen molar-refractivity contribution >= 4 is 0 Å². The molecule has 34 heavy (non-hydrogen) atoms. The lowest BCUT2D eigenvalue weighted by atomic mass is 9.90. The van der Waals surface area contributed by atoms with Gasteiger partial charge in [-0.05, 0) is 23.1 Å². The maximum atomic E-state index is 6.62. The fourth-order valence-corrected chi connectivity index (χ4v) is 4.87. The Morgan fingerprint density at radius 3 is 1.68 bits per heavy atom. The molecule has 176 valence electrons. The highest BCUT2D eigenvalue weighted by Crippen LogP contribution is 2.31. The minimum atomic E-state index is -0.170. The summed E-state index contributed by atoms with van der Waals surface area (Å²) in [4.78, 5) is 2.49. The molecule has 0 saturated carbocycles. The minimum Gasteiger partial charge on any atom is -0.369 e. The van der Waals surface area contributed by atoms with Crippen LogP contribution in [0.2, 0.25) is 0 Å². The standard InChI is InChI=1S/C30H33NO3/c1-4-12-24(13-5-1)21-32-28-20-31-19-11-10-18-27(31)29(33-22-25-14-6-2-7-15-25)30(28)34-23-26-16-8-3-9-17-26/h1-10,12-18,27-30H,11,19-23H2/t27-,28-,29+,30+/m0/s1. The Labute approximate surface area is 202 Å². The zero-order chi connectivity index (χ0) is 23.0. The normalized spacial score (nSPS) is 24.6. The van der Waals surface area contributed by atoms with Crippen LogP contribution in [0.4, 0.5) is 0 Å². The second-order valence-corrected chi connectivity index (χ2v) is 9.06. The first-order chi connectivity index (χ1) is 16.9. The molecule has 0 aromatic heterocycles. The van der Waals surface area contributed by atoms with E-state index in [0.29, 0.717) is 19.8 Å². The number of rotatable bonds is 9. The molecule has 3 aromatic carbocycles. The van der Waals surface area contributed by atoms with Crippen molar-refractivity contribution in [2.24, 2.45) is 0 Å². The van der Waals surface area contributed by atoms with Crippen LogP contribution in [-0.4, -0.2) is 42.3 Å². The third kappa shape index (κ3) is 5.83. The van der Waals surface area contributed by atoms with Crippen LogP contribution in [0, 0.1) is 0 Å². The average molecular weight is 456 g/mol. The Kier molecular flexibility index (Phi) is 7.84. The van der Waals surface area contributed by atoms with Crippen molar-refractivity contribution in [3.8, 4) is 0 Å². The summed E-state index contributed by atoms with van der Waals surface area (Å²) in [5.74, 6) is 0. The molecule has 2 aliphatic heterocycles. The molecule has 0 radical (unpaired) electrons. The maximum absolute atomic E-state index is 6.62. The molecule has 0 aliphatic carbocycles. The summed E-state index contributed by atoms with van der Waals surface area (Å²) in [5.41, 5.74) is 3.50. The fourth-order valence-electron chi connectivity index (χ4n) is 4.87. The van der Waals surface area contributed by atoms with E-state index in [1.807, 2.05) is 18.2 Å². The van der Waals surface area contributed by atoms with Crippen molar-refractivity contribution in [2.45, 2.75) is 50.6 Å². The van der Waals surface area contributed by atoms with E-state index in [0.717, 1.165) is 25.1 Å². The number of ether oxygens (including phenoxy) is 3. The van der Waals surface area contributed by atoms with Crippen LogP contribution in [0.1, 0.15) is 23.1 Å². The molecule has 3 aromatic rings. The smallest absolute Gasteiger partial charge is 0.113 e. The van der Waals surface area contributed by atoms with Crippen LogP contribution in [-0.2, 0) is 34.0 Å². The SMILES string of the molecule is C1=C[C@H]2[C@@H](OCc3ccccc3)[C@H](OCc3ccccc3)[C@@H](OCc3ccccc3)CN2CC1. The Morgan fingerprint density at radius 1 is 0.618 bits per heavy atom. The first-order valence-electron chi connectivity index (χ1n) is 12.2. The van der Waals surface area contributed by atoms with Gasteiger partial charge in [0, 0.05) is 13.1 Å². The van der Waals surface area contributed by atoms with Gasteiger partial charge in [-0.3, -0.25) is 4.90 Å². The molecular weight excluding hydrogens is 422 g/mol. The van der Waals surface area contributed by atoms with Crippen molar-refractivity contribution in [3.63, 3.8) is 0 Å². The molecule has 1 fully saturated rings. The van der Waals surface area contributed by atoms with Gasteiger partial charge in [-0.2, -0.15) is 0 Å². The van der Waals surface area contributed by atoms with Gasteiger partial charge >= 0.3 is 0 Å². The number of benzene rings is 3. The summed E-state index contributed by atoms with van der Waals surface area (Å²) >= 11 is 0. The van der Waals surface area contributed by atoms with Gasteiger partial charge in [0.1, 0.15) is 12.2 Å². The quantitative estimate of drug-likeness (QED) is 0.405. The van der Waals surface area contributed by atoms with Crippen LogP contribution >= 0.6 is 0 Å². The van der Waals surface area contributed by atoms with Crippen LogP contribution in [0.25, 0.3) is 0 Å². The Hall–Kier alpha value is -2.76. The van der Waals surface area contributed by atoms with Crippen molar-refractivity contribution < 1.29 is 14.2 Å². The van der Waals surface area contributed by atoms with Crippen molar-refractivity contribution in [2.75, 3.05) is 13.1 Å². The van der Waals surface area contributed by atoms with Gasteiger partial charge in [0.2, 0.25) is 0 Å². The fraction of sp³-hybridized carbons (Fsp3) is 0.333. The molecule has 0 amide bonds. The first kappa shape index (κ1) is 23.0. The van der Waals surface area contributed by atoms with Gasteiger partial charge in [0.05, 0.1) is 32.0 Å². The van der Waals surface area contributed by atoms with Gasteiger partial charge in [-0.15, -0.1) is 0 Å². The van der Waals surface area contributed by atoms with Gasteiger partial charge < -0.3 is 14.2 Å². The van der Waals surface area contributed by atoms with Crippen LogP contribution in [0.5, 0.6) is 0 Å². The van der Waals surface area contributed by atoms with Crippen molar-refractivity contribution in [1.82, 2.24) is 4.90 Å². The zero-order valence-electron chi connectivity index (χ0n) is 19.5. The van der Waals surface area contributed by atoms with Crippen molar-refractivity contribution in [1.29, 1.82) is 0 Å². The Morgan fingerprint density at radius 2 is 1.12 bits per heavy atom. The van der Waals surface area contributed by atoms with Gasteiger partial charge in [-0.25, -0.2) is 0 Å². The number of fused-ring (bicyclic) bond motifs is 1. The second kappa shape index (κ2) is 11.6. The Balaban J connectivity index is 1.37. The largest absolute Gasteiger partial charge is 0.369 e. The van der Waals surface area contributed by atoms with E-state index >= 15 is 0 Å². The highest BCUT2D eigenvalue weighted by atomic mass is 16.6. The molecule has 0 unspecified atom stereocenters. The predicted octanol–water partition coefficient (Wildman–Crippen LogP) is 5.39. The van der Waals surface area contributed by atoms with Crippen molar-refractivity contribution in [3.05, 3.63) is 120 Å². The lowest BCUT2D eigenvalue weighted by Gasteiger charge is -2.48. The zero-order valence-corrected chi connectivity index (χ0v) is 19.5. The van der Waals surface area contributed by atoms with E-state index in [9.17, 15) is 0 Å². The maximum Gasteiger partial charge on any atom is 0.113 e. The van der Waals surface area contributed by atoms with E-state index in [-0.39, 0.29) is 24.4 Å². The molecule has 1 saturated heterocycles. The summed E-state index contributed by atoms with van der Waals surface area (Å²) in [7, 11) is 0. The molecule has 2 heterocycles. The predicted molar refractivity (Wildman–Crippen MR) is 134 cm³/mol. The lowest BCUT2D eigenvalue weighted by Crippen LogP contribution is -2.63. The van der Waals surface area contributed by atoms with E-state index in [4.69, 9.17) is 14.2 Å². The molecule has 4 atom stereocenters. The van der Waals surface area contributed by atoms with E-state index < -0.39 is 0 Å². The van der Waals surface area contributed by atoms with E-state index in [2.05, 4.69) is 89.8 Å². The van der Waals surface area contributed by atoms with Gasteiger partial charge in [0.15, 0.2) is 0 Å². The molecule has 4 heteroatoms. The molecule has 2 aliphatic rings. The molecule has 0 N–H and O–H groups in total. The average Bonchev–Trinajstić information content (AvgIpc) is 2.91. The number of piperidine rings is 1. The van der Waals surface area contributed by atoms with Crippen LogP contribution < -0.4 is 0 Å². The molecule has 0 spiro atoms. The summed E-state index contributed by atoms with van der Waals surface area (Å²) < 4.78 is 19.8.